The van der Waals surface area contributed by atoms with E-state index in [1.165, 1.54) is 12.1 Å². The zero-order chi connectivity index (χ0) is 13.1. The summed E-state index contributed by atoms with van der Waals surface area (Å²) in [5.74, 6) is 0.959. The minimum Gasteiger partial charge on any atom is -0.370 e. The van der Waals surface area contributed by atoms with Crippen LogP contribution in [0.5, 0.6) is 0 Å². The predicted molar refractivity (Wildman–Crippen MR) is 74.0 cm³/mol. The number of halogens is 2. The van der Waals surface area contributed by atoms with Crippen molar-refractivity contribution in [3.8, 4) is 11.4 Å². The van der Waals surface area contributed by atoms with E-state index in [9.17, 15) is 4.39 Å². The van der Waals surface area contributed by atoms with Gasteiger partial charge in [0.25, 0.3) is 0 Å². The Morgan fingerprint density at radius 3 is 2.67 bits per heavy atom. The average molecular weight is 310 g/mol. The van der Waals surface area contributed by atoms with Gasteiger partial charge in [0.2, 0.25) is 0 Å². The predicted octanol–water partition coefficient (Wildman–Crippen LogP) is 3.79. The number of anilines is 1. The maximum absolute atomic E-state index is 13.4. The Labute approximate surface area is 114 Å². The Morgan fingerprint density at radius 1 is 1.22 bits per heavy atom. The van der Waals surface area contributed by atoms with Crippen LogP contribution in [0, 0.1) is 12.7 Å². The molecule has 0 aliphatic rings. The molecule has 0 radical (unpaired) electrons. The summed E-state index contributed by atoms with van der Waals surface area (Å²) >= 11 is 3.27. The molecule has 1 aromatic carbocycles. The van der Waals surface area contributed by atoms with Gasteiger partial charge in [0.1, 0.15) is 11.6 Å². The molecule has 0 aliphatic carbocycles. The molecule has 0 saturated carbocycles. The highest BCUT2D eigenvalue weighted by Crippen LogP contribution is 2.23. The number of aryl methyl sites for hydroxylation is 1. The number of hydrogen-bond acceptors (Lipinski definition) is 3. The first kappa shape index (κ1) is 13.0. The minimum atomic E-state index is -0.311. The Morgan fingerprint density at radius 2 is 2.00 bits per heavy atom. The van der Waals surface area contributed by atoms with Crippen molar-refractivity contribution in [3.63, 3.8) is 0 Å². The quantitative estimate of drug-likeness (QED) is 0.937. The molecule has 3 nitrogen and oxygen atoms in total. The van der Waals surface area contributed by atoms with E-state index in [4.69, 9.17) is 0 Å². The van der Waals surface area contributed by atoms with Crippen molar-refractivity contribution in [3.05, 3.63) is 40.2 Å². The third-order valence-electron chi connectivity index (χ3n) is 2.33. The summed E-state index contributed by atoms with van der Waals surface area (Å²) in [6.45, 7) is 4.67. The van der Waals surface area contributed by atoms with E-state index in [2.05, 4.69) is 31.2 Å². The molecule has 5 heteroatoms. The van der Waals surface area contributed by atoms with E-state index in [0.29, 0.717) is 15.9 Å². The third kappa shape index (κ3) is 3.04. The second-order valence-corrected chi connectivity index (χ2v) is 4.82. The van der Waals surface area contributed by atoms with Gasteiger partial charge in [-0.15, -0.1) is 0 Å². The lowest BCUT2D eigenvalue weighted by atomic mass is 10.2. The third-order valence-corrected chi connectivity index (χ3v) is 2.79. The van der Waals surface area contributed by atoms with E-state index in [0.717, 1.165) is 18.1 Å². The van der Waals surface area contributed by atoms with Crippen LogP contribution in [-0.2, 0) is 0 Å². The van der Waals surface area contributed by atoms with Gasteiger partial charge in [-0.2, -0.15) is 0 Å². The molecule has 0 bridgehead atoms. The summed E-state index contributed by atoms with van der Waals surface area (Å²) in [7, 11) is 0. The van der Waals surface area contributed by atoms with Crippen LogP contribution in [0.4, 0.5) is 10.2 Å². The highest BCUT2D eigenvalue weighted by atomic mass is 79.9. The lowest BCUT2D eigenvalue weighted by molar-refractivity contribution is 0.627. The highest BCUT2D eigenvalue weighted by Gasteiger charge is 2.07. The molecule has 94 valence electrons. The van der Waals surface area contributed by atoms with Crippen LogP contribution in [0.2, 0.25) is 0 Å². The molecule has 0 unspecified atom stereocenters. The Bertz CT molecular complexity index is 552. The van der Waals surface area contributed by atoms with E-state index in [1.54, 1.807) is 6.07 Å². The zero-order valence-electron chi connectivity index (χ0n) is 10.2. The lowest BCUT2D eigenvalue weighted by Crippen LogP contribution is -2.02. The first-order valence-corrected chi connectivity index (χ1v) is 6.44. The van der Waals surface area contributed by atoms with Gasteiger partial charge >= 0.3 is 0 Å². The van der Waals surface area contributed by atoms with E-state index in [1.807, 2.05) is 19.9 Å². The number of aromatic nitrogens is 2. The van der Waals surface area contributed by atoms with Gasteiger partial charge in [0, 0.05) is 28.3 Å². The van der Waals surface area contributed by atoms with Gasteiger partial charge in [-0.25, -0.2) is 14.4 Å². The van der Waals surface area contributed by atoms with E-state index >= 15 is 0 Å². The molecule has 1 aromatic heterocycles. The standard InChI is InChI=1S/C13H13BrFN3/c1-3-16-12-4-8(2)17-13(18-12)9-5-10(14)7-11(15)6-9/h4-7H,3H2,1-2H3,(H,16,17,18). The second-order valence-electron chi connectivity index (χ2n) is 3.91. The van der Waals surface area contributed by atoms with Gasteiger partial charge in [-0.3, -0.25) is 0 Å². The van der Waals surface area contributed by atoms with Crippen LogP contribution in [0.15, 0.2) is 28.7 Å². The van der Waals surface area contributed by atoms with Crippen molar-refractivity contribution in [2.24, 2.45) is 0 Å². The lowest BCUT2D eigenvalue weighted by Gasteiger charge is -2.07. The number of nitrogens with zero attached hydrogens (tertiary/aromatic N) is 2. The largest absolute Gasteiger partial charge is 0.370 e. The Balaban J connectivity index is 2.49. The first-order chi connectivity index (χ1) is 8.58. The van der Waals surface area contributed by atoms with Crippen molar-refractivity contribution in [1.82, 2.24) is 9.97 Å². The number of rotatable bonds is 3. The van der Waals surface area contributed by atoms with E-state index in [-0.39, 0.29) is 5.82 Å². The first-order valence-electron chi connectivity index (χ1n) is 5.64. The van der Waals surface area contributed by atoms with Crippen molar-refractivity contribution >= 4 is 21.7 Å². The SMILES string of the molecule is CCNc1cc(C)nc(-c2cc(F)cc(Br)c2)n1. The summed E-state index contributed by atoms with van der Waals surface area (Å²) in [5, 5.41) is 3.13. The van der Waals surface area contributed by atoms with Crippen molar-refractivity contribution in [2.75, 3.05) is 11.9 Å². The summed E-state index contributed by atoms with van der Waals surface area (Å²) in [6.07, 6.45) is 0. The van der Waals surface area contributed by atoms with Crippen molar-refractivity contribution in [1.29, 1.82) is 0 Å². The van der Waals surface area contributed by atoms with Crippen molar-refractivity contribution < 1.29 is 4.39 Å². The Kier molecular flexibility index (Phi) is 3.91. The molecule has 18 heavy (non-hydrogen) atoms. The van der Waals surface area contributed by atoms with Gasteiger partial charge in [-0.05, 0) is 32.0 Å². The minimum absolute atomic E-state index is 0.311. The molecule has 0 spiro atoms. The van der Waals surface area contributed by atoms with Crippen LogP contribution in [-0.4, -0.2) is 16.5 Å². The second kappa shape index (κ2) is 5.44. The van der Waals surface area contributed by atoms with Crippen LogP contribution in [0.1, 0.15) is 12.6 Å². The molecule has 0 saturated heterocycles. The highest BCUT2D eigenvalue weighted by molar-refractivity contribution is 9.10. The molecule has 0 aliphatic heterocycles. The Hall–Kier alpha value is -1.49. The van der Waals surface area contributed by atoms with E-state index < -0.39 is 0 Å². The van der Waals surface area contributed by atoms with Gasteiger partial charge in [0.15, 0.2) is 5.82 Å². The molecule has 0 fully saturated rings. The molecule has 2 aromatic rings. The maximum Gasteiger partial charge on any atom is 0.161 e. The van der Waals surface area contributed by atoms with Gasteiger partial charge < -0.3 is 5.32 Å². The zero-order valence-corrected chi connectivity index (χ0v) is 11.8. The van der Waals surface area contributed by atoms with Gasteiger partial charge in [-0.1, -0.05) is 15.9 Å². The normalized spacial score (nSPS) is 10.4. The monoisotopic (exact) mass is 309 g/mol. The molecular formula is C13H13BrFN3. The van der Waals surface area contributed by atoms with Crippen LogP contribution in [0.25, 0.3) is 11.4 Å². The summed E-state index contributed by atoms with van der Waals surface area (Å²) in [4.78, 5) is 8.70. The van der Waals surface area contributed by atoms with Crippen molar-refractivity contribution in [2.45, 2.75) is 13.8 Å². The smallest absolute Gasteiger partial charge is 0.161 e. The fraction of sp³-hybridized carbons (Fsp3) is 0.231. The molecule has 1 N–H and O–H groups in total. The fourth-order valence-electron chi connectivity index (χ4n) is 1.65. The number of benzene rings is 1. The summed E-state index contributed by atoms with van der Waals surface area (Å²) < 4.78 is 14.0. The number of nitrogens with one attached hydrogen (secondary N) is 1. The number of hydrogen-bond donors (Lipinski definition) is 1. The summed E-state index contributed by atoms with van der Waals surface area (Å²) in [5.41, 5.74) is 1.50. The van der Waals surface area contributed by atoms with Crippen LogP contribution >= 0.6 is 15.9 Å². The molecule has 0 amide bonds. The molecule has 1 heterocycles. The van der Waals surface area contributed by atoms with Crippen LogP contribution < -0.4 is 5.32 Å². The maximum atomic E-state index is 13.4. The molecular weight excluding hydrogens is 297 g/mol. The fourth-order valence-corrected chi connectivity index (χ4v) is 2.12. The average Bonchev–Trinajstić information content (AvgIpc) is 2.27. The molecule has 2 rings (SSSR count). The summed E-state index contributed by atoms with van der Waals surface area (Å²) in [6, 6.07) is 6.49. The van der Waals surface area contributed by atoms with Crippen LogP contribution in [0.3, 0.4) is 0 Å². The molecule has 0 atom stereocenters. The van der Waals surface area contributed by atoms with Gasteiger partial charge in [0.05, 0.1) is 0 Å². The topological polar surface area (TPSA) is 37.8 Å².